The summed E-state index contributed by atoms with van der Waals surface area (Å²) in [5, 5.41) is 0. The van der Waals surface area contributed by atoms with E-state index in [0.29, 0.717) is 0 Å². The Bertz CT molecular complexity index is 114. The normalized spacial score (nSPS) is 11.7. The average Bonchev–Trinajstić information content (AvgIpc) is 2.35. The van der Waals surface area contributed by atoms with E-state index in [-0.39, 0.29) is 0 Å². The third kappa shape index (κ3) is 14.0. The molecule has 0 aliphatic carbocycles. The van der Waals surface area contributed by atoms with Crippen LogP contribution >= 0.6 is 0 Å². The van der Waals surface area contributed by atoms with E-state index in [4.69, 9.17) is 1.41 Å². The first kappa shape index (κ1) is 14.0. The molecular formula is C15H33N. The van der Waals surface area contributed by atoms with Gasteiger partial charge in [-0.1, -0.05) is 84.0 Å². The minimum Gasteiger partial charge on any atom is -0.330 e. The van der Waals surface area contributed by atoms with E-state index >= 15 is 0 Å². The lowest BCUT2D eigenvalue weighted by atomic mass is 10.0. The van der Waals surface area contributed by atoms with Crippen LogP contribution in [0.15, 0.2) is 0 Å². The van der Waals surface area contributed by atoms with Gasteiger partial charge in [-0.05, 0) is 13.0 Å². The molecule has 0 amide bonds. The number of hydrogen-bond acceptors (Lipinski definition) is 1. The predicted octanol–water partition coefficient (Wildman–Crippen LogP) is 5.04. The fourth-order valence-electron chi connectivity index (χ4n) is 2.14. The van der Waals surface area contributed by atoms with Gasteiger partial charge in [0.15, 0.2) is 0 Å². The van der Waals surface area contributed by atoms with Gasteiger partial charge in [0.1, 0.15) is 1.41 Å². The quantitative estimate of drug-likeness (QED) is 0.414. The molecule has 0 aromatic heterocycles. The smallest absolute Gasteiger partial charge is 0.118 e. The summed E-state index contributed by atoms with van der Waals surface area (Å²) in [5.74, 6) is 0. The van der Waals surface area contributed by atoms with Crippen LogP contribution in [0.5, 0.6) is 0 Å². The fourth-order valence-corrected chi connectivity index (χ4v) is 2.14. The Morgan fingerprint density at radius 1 is 0.625 bits per heavy atom. The van der Waals surface area contributed by atoms with Gasteiger partial charge in [-0.15, -0.1) is 0 Å². The van der Waals surface area contributed by atoms with E-state index in [1.165, 1.54) is 83.5 Å². The zero-order chi connectivity index (χ0) is 12.6. The highest BCUT2D eigenvalue weighted by atomic mass is 14.5. The largest absolute Gasteiger partial charge is 0.330 e. The van der Waals surface area contributed by atoms with Crippen molar-refractivity contribution in [2.45, 2.75) is 90.4 Å². The first-order chi connectivity index (χ1) is 8.41. The molecule has 0 aromatic carbocycles. The lowest BCUT2D eigenvalue weighted by Crippen LogP contribution is -1.97. The van der Waals surface area contributed by atoms with Gasteiger partial charge in [0.05, 0.1) is 0 Å². The Hall–Kier alpha value is -0.0400. The van der Waals surface area contributed by atoms with Crippen LogP contribution in [-0.2, 0) is 0 Å². The summed E-state index contributed by atoms with van der Waals surface area (Å²) in [6, 6.07) is 0. The molecule has 1 nitrogen and oxygen atoms in total. The molecule has 0 atom stereocenters. The van der Waals surface area contributed by atoms with Crippen LogP contribution in [0.4, 0.5) is 0 Å². The van der Waals surface area contributed by atoms with Crippen molar-refractivity contribution in [3.05, 3.63) is 0 Å². The topological polar surface area (TPSA) is 26.0 Å². The summed E-state index contributed by atoms with van der Waals surface area (Å²) in [6.07, 6.45) is 18.1. The molecule has 1 heteroatoms. The molecule has 0 aliphatic rings. The van der Waals surface area contributed by atoms with E-state index in [1.807, 2.05) is 0 Å². The molecule has 0 saturated carbocycles. The molecule has 2 N–H and O–H groups in total. The third-order valence-electron chi connectivity index (χ3n) is 3.28. The molecule has 0 fully saturated rings. The number of nitrogens with two attached hydrogens (primary N) is 1. The van der Waals surface area contributed by atoms with Gasteiger partial charge in [0.25, 0.3) is 0 Å². The van der Waals surface area contributed by atoms with Gasteiger partial charge in [-0.2, -0.15) is 0 Å². The predicted molar refractivity (Wildman–Crippen MR) is 74.7 cm³/mol. The lowest BCUT2D eigenvalue weighted by Gasteiger charge is -2.02. The molecule has 0 aromatic rings. The summed E-state index contributed by atoms with van der Waals surface area (Å²) < 4.78 is 6.81. The molecule has 0 spiro atoms. The maximum atomic E-state index is 6.81. The number of unbranched alkanes of at least 4 members (excludes halogenated alkanes) is 12. The SMILES string of the molecule is [2H]NCCCCCCCCCCCCCCC. The summed E-state index contributed by atoms with van der Waals surface area (Å²) in [5.41, 5.74) is 2.46. The first-order valence-corrected chi connectivity index (χ1v) is 7.56. The Labute approximate surface area is 105 Å². The van der Waals surface area contributed by atoms with E-state index in [1.54, 1.807) is 0 Å². The van der Waals surface area contributed by atoms with Gasteiger partial charge in [-0.25, -0.2) is 0 Å². The summed E-state index contributed by atoms with van der Waals surface area (Å²) in [6.45, 7) is 3.14. The van der Waals surface area contributed by atoms with Crippen molar-refractivity contribution in [1.82, 2.24) is 0 Å². The molecule has 0 rings (SSSR count). The van der Waals surface area contributed by atoms with Gasteiger partial charge in [-0.3, -0.25) is 0 Å². The van der Waals surface area contributed by atoms with Crippen LogP contribution in [0.1, 0.15) is 90.4 Å². The summed E-state index contributed by atoms with van der Waals surface area (Å²) in [4.78, 5) is 0. The Kier molecular flexibility index (Phi) is 13.1. The van der Waals surface area contributed by atoms with Crippen LogP contribution in [0.25, 0.3) is 0 Å². The highest BCUT2D eigenvalue weighted by Gasteiger charge is 1.92. The molecule has 0 heterocycles. The molecular weight excluding hydrogens is 194 g/mol. The fraction of sp³-hybridized carbons (Fsp3) is 1.00. The molecule has 0 aliphatic heterocycles. The zero-order valence-electron chi connectivity index (χ0n) is 12.4. The molecule has 0 bridgehead atoms. The number of hydrogen-bond donors (Lipinski definition) is 1. The van der Waals surface area contributed by atoms with E-state index in [2.05, 4.69) is 12.7 Å². The van der Waals surface area contributed by atoms with Crippen molar-refractivity contribution in [2.24, 2.45) is 5.73 Å². The zero-order valence-corrected chi connectivity index (χ0v) is 11.4. The monoisotopic (exact) mass is 228 g/mol. The minimum atomic E-state index is 0.859. The van der Waals surface area contributed by atoms with Gasteiger partial charge >= 0.3 is 0 Å². The van der Waals surface area contributed by atoms with E-state index in [0.717, 1.165) is 6.54 Å². The minimum absolute atomic E-state index is 0.859. The molecule has 16 heavy (non-hydrogen) atoms. The Balaban J connectivity index is 2.85. The summed E-state index contributed by atoms with van der Waals surface area (Å²) >= 11 is 0. The maximum Gasteiger partial charge on any atom is 0.118 e. The third-order valence-corrected chi connectivity index (χ3v) is 3.28. The molecule has 0 radical (unpaired) electrons. The second kappa shape index (κ2) is 15.0. The van der Waals surface area contributed by atoms with Crippen LogP contribution in [0.3, 0.4) is 0 Å². The maximum absolute atomic E-state index is 6.81. The van der Waals surface area contributed by atoms with Crippen molar-refractivity contribution in [1.29, 1.82) is 0 Å². The van der Waals surface area contributed by atoms with Crippen LogP contribution in [0, 0.1) is 0 Å². The lowest BCUT2D eigenvalue weighted by molar-refractivity contribution is 0.540. The molecule has 98 valence electrons. The van der Waals surface area contributed by atoms with Crippen LogP contribution < -0.4 is 5.73 Å². The molecule has 0 saturated heterocycles. The average molecular weight is 228 g/mol. The highest BCUT2D eigenvalue weighted by Crippen LogP contribution is 2.12. The van der Waals surface area contributed by atoms with Gasteiger partial charge < -0.3 is 5.73 Å². The van der Waals surface area contributed by atoms with Crippen molar-refractivity contribution >= 4 is 0 Å². The first-order valence-electron chi connectivity index (χ1n) is 8.06. The van der Waals surface area contributed by atoms with Crippen molar-refractivity contribution in [3.63, 3.8) is 0 Å². The highest BCUT2D eigenvalue weighted by molar-refractivity contribution is 4.48. The second-order valence-electron chi connectivity index (χ2n) is 4.99. The van der Waals surface area contributed by atoms with Crippen molar-refractivity contribution in [3.8, 4) is 0 Å². The summed E-state index contributed by atoms with van der Waals surface area (Å²) in [7, 11) is 0. The molecule has 0 unspecified atom stereocenters. The van der Waals surface area contributed by atoms with E-state index in [9.17, 15) is 0 Å². The van der Waals surface area contributed by atoms with Gasteiger partial charge in [0, 0.05) is 0 Å². The van der Waals surface area contributed by atoms with Crippen LogP contribution in [0.2, 0.25) is 1.41 Å². The second-order valence-corrected chi connectivity index (χ2v) is 4.99. The Morgan fingerprint density at radius 2 is 1.00 bits per heavy atom. The van der Waals surface area contributed by atoms with E-state index < -0.39 is 0 Å². The van der Waals surface area contributed by atoms with Crippen molar-refractivity contribution < 1.29 is 1.41 Å². The van der Waals surface area contributed by atoms with Crippen LogP contribution in [-0.4, -0.2) is 6.54 Å². The van der Waals surface area contributed by atoms with Gasteiger partial charge in [0.2, 0.25) is 0 Å². The van der Waals surface area contributed by atoms with Crippen molar-refractivity contribution in [2.75, 3.05) is 6.54 Å². The standard InChI is InChI=1S/C15H33N/c1-2-3-4-5-6-7-8-9-10-11-12-13-14-15-16/h2-16H2,1H3/i/hD. The Morgan fingerprint density at radius 3 is 1.38 bits per heavy atom. The number of rotatable bonds is 14.